The summed E-state index contributed by atoms with van der Waals surface area (Å²) in [5, 5.41) is 0. The van der Waals surface area contributed by atoms with Gasteiger partial charge in [0.15, 0.2) is 0 Å². The number of allylic oxidation sites excluding steroid dienone is 2. The van der Waals surface area contributed by atoms with E-state index >= 15 is 0 Å². The second-order valence-electron chi connectivity index (χ2n) is 4.22. The number of hydrogen-bond acceptors (Lipinski definition) is 0. The van der Waals surface area contributed by atoms with Crippen molar-refractivity contribution in [1.82, 2.24) is 0 Å². The van der Waals surface area contributed by atoms with Gasteiger partial charge in [-0.15, -0.1) is 0 Å². The second kappa shape index (κ2) is 14.3. The number of hydrogen-bond donors (Lipinski definition) is 0. The molecule has 0 aliphatic carbocycles. The van der Waals surface area contributed by atoms with Crippen molar-refractivity contribution in [3.63, 3.8) is 0 Å². The Hall–Kier alpha value is -0.700. The van der Waals surface area contributed by atoms with E-state index < -0.39 is 0 Å². The molecule has 0 aromatic heterocycles. The van der Waals surface area contributed by atoms with Crippen LogP contribution in [0.15, 0.2) is 12.1 Å². The van der Waals surface area contributed by atoms with Gasteiger partial charge >= 0.3 is 0 Å². The highest BCUT2D eigenvalue weighted by atomic mass is 13.9. The van der Waals surface area contributed by atoms with E-state index in [2.05, 4.69) is 25.7 Å². The monoisotopic (exact) mass is 222 g/mol. The summed E-state index contributed by atoms with van der Waals surface area (Å²) in [6.07, 6.45) is 11.1. The van der Waals surface area contributed by atoms with E-state index in [1.807, 2.05) is 0 Å². The molecule has 0 radical (unpaired) electrons. The van der Waals surface area contributed by atoms with Gasteiger partial charge < -0.3 is 0 Å². The summed E-state index contributed by atoms with van der Waals surface area (Å²) in [5.41, 5.74) is 0. The average molecular weight is 222 g/mol. The lowest BCUT2D eigenvalue weighted by molar-refractivity contribution is 0.674. The molecule has 0 spiro atoms. The van der Waals surface area contributed by atoms with Gasteiger partial charge in [-0.2, -0.15) is 0 Å². The van der Waals surface area contributed by atoms with E-state index in [4.69, 9.17) is 2.74 Å². The zero-order valence-electron chi connectivity index (χ0n) is 13.1. The first-order valence-corrected chi connectivity index (χ1v) is 6.87. The molecule has 0 saturated heterocycles. The summed E-state index contributed by atoms with van der Waals surface area (Å²) >= 11 is 0. The zero-order valence-corrected chi connectivity index (χ0v) is 11.1. The average Bonchev–Trinajstić information content (AvgIpc) is 2.38. The maximum atomic E-state index is 7.75. The molecule has 0 aliphatic rings. The highest BCUT2D eigenvalue weighted by Crippen LogP contribution is 2.03. The lowest BCUT2D eigenvalue weighted by Gasteiger charge is -1.92. The highest BCUT2D eigenvalue weighted by Gasteiger charge is 1.84. The van der Waals surface area contributed by atoms with Gasteiger partial charge in [0.05, 0.1) is 2.74 Å². The first kappa shape index (κ1) is 11.8. The molecule has 0 aliphatic heterocycles. The van der Waals surface area contributed by atoms with Crippen LogP contribution < -0.4 is 0 Å². The summed E-state index contributed by atoms with van der Waals surface area (Å²) in [5.74, 6) is 5.82. The third-order valence-electron chi connectivity index (χ3n) is 2.55. The Morgan fingerprint density at radius 3 is 2.31 bits per heavy atom. The molecule has 0 nitrogen and oxygen atoms in total. The van der Waals surface area contributed by atoms with Crippen molar-refractivity contribution >= 4 is 0 Å². The minimum atomic E-state index is 0.224. The van der Waals surface area contributed by atoms with Gasteiger partial charge in [0.2, 0.25) is 0 Å². The van der Waals surface area contributed by atoms with Crippen molar-refractivity contribution in [1.29, 1.82) is 0 Å². The molecule has 0 fully saturated rings. The summed E-state index contributed by atoms with van der Waals surface area (Å²) in [6, 6.07) is 0.633. The van der Waals surface area contributed by atoms with E-state index in [-0.39, 0.29) is 6.05 Å². The van der Waals surface area contributed by atoms with Crippen LogP contribution in [0.1, 0.15) is 80.8 Å². The predicted molar refractivity (Wildman–Crippen MR) is 74.4 cm³/mol. The summed E-state index contributed by atoms with van der Waals surface area (Å²) in [4.78, 5) is 0. The van der Waals surface area contributed by atoms with Crippen molar-refractivity contribution in [3.05, 3.63) is 12.1 Å². The summed E-state index contributed by atoms with van der Waals surface area (Å²) in [7, 11) is 0. The van der Waals surface area contributed by atoms with Crippen LogP contribution in [0, 0.1) is 11.8 Å². The molecule has 0 saturated carbocycles. The quantitative estimate of drug-likeness (QED) is 0.357. The molecular formula is C16H28. The molecule has 0 rings (SSSR count). The molecular weight excluding hydrogens is 192 g/mol. The fourth-order valence-corrected chi connectivity index (χ4v) is 1.49. The molecule has 0 aromatic carbocycles. The highest BCUT2D eigenvalue weighted by molar-refractivity contribution is 5.14. The van der Waals surface area contributed by atoms with Crippen LogP contribution in [0.3, 0.4) is 0 Å². The van der Waals surface area contributed by atoms with Crippen molar-refractivity contribution < 1.29 is 2.74 Å². The third-order valence-corrected chi connectivity index (χ3v) is 2.55. The standard InChI is InChI=1S/C16H28/c1-3-5-7-9-11-13-15-16-14-12-10-8-6-4-2/h13,15H,3-12H2,1-2H3/b15-13-/i13D,15D. The van der Waals surface area contributed by atoms with Crippen molar-refractivity contribution in [3.8, 4) is 11.8 Å². The van der Waals surface area contributed by atoms with E-state index in [0.717, 1.165) is 25.7 Å². The van der Waals surface area contributed by atoms with E-state index in [1.54, 1.807) is 0 Å². The van der Waals surface area contributed by atoms with Crippen LogP contribution in [0.4, 0.5) is 0 Å². The molecule has 0 atom stereocenters. The minimum Gasteiger partial charge on any atom is -0.0985 e. The molecule has 0 heteroatoms. The molecule has 0 N–H and O–H groups in total. The van der Waals surface area contributed by atoms with Gasteiger partial charge in [-0.05, 0) is 25.3 Å². The number of rotatable bonds is 9. The summed E-state index contributed by atoms with van der Waals surface area (Å²) < 4.78 is 15.4. The van der Waals surface area contributed by atoms with E-state index in [1.165, 1.54) is 32.1 Å². The fourth-order valence-electron chi connectivity index (χ4n) is 1.49. The Bertz CT molecular complexity index is 281. The van der Waals surface area contributed by atoms with Crippen molar-refractivity contribution in [2.45, 2.75) is 78.1 Å². The Labute approximate surface area is 105 Å². The summed E-state index contributed by atoms with van der Waals surface area (Å²) in [6.45, 7) is 4.37. The van der Waals surface area contributed by atoms with Crippen LogP contribution in [0.5, 0.6) is 0 Å². The lowest BCUT2D eigenvalue weighted by atomic mass is 10.1. The lowest BCUT2D eigenvalue weighted by Crippen LogP contribution is -1.74. The van der Waals surface area contributed by atoms with Gasteiger partial charge in [0.25, 0.3) is 0 Å². The molecule has 0 unspecified atom stereocenters. The van der Waals surface area contributed by atoms with Gasteiger partial charge in [0.1, 0.15) is 0 Å². The number of unbranched alkanes of at least 4 members (excludes halogenated alkanes) is 7. The van der Waals surface area contributed by atoms with Gasteiger partial charge in [-0.1, -0.05) is 70.3 Å². The van der Waals surface area contributed by atoms with E-state index in [0.29, 0.717) is 12.5 Å². The van der Waals surface area contributed by atoms with Gasteiger partial charge in [-0.25, -0.2) is 0 Å². The Balaban J connectivity index is 3.81. The van der Waals surface area contributed by atoms with Crippen LogP contribution in [-0.4, -0.2) is 0 Å². The maximum Gasteiger partial charge on any atom is 0.0717 e. The van der Waals surface area contributed by atoms with Crippen molar-refractivity contribution in [2.75, 3.05) is 0 Å². The SMILES string of the molecule is [2H]/C(C#CCCCCCC)=C(\[2H])CCCCCC. The van der Waals surface area contributed by atoms with Crippen molar-refractivity contribution in [2.24, 2.45) is 0 Å². The molecule has 0 aromatic rings. The molecule has 92 valence electrons. The Kier molecular flexibility index (Phi) is 10.5. The first-order valence-electron chi connectivity index (χ1n) is 7.87. The largest absolute Gasteiger partial charge is 0.0985 e. The zero-order chi connectivity index (χ0) is 13.6. The predicted octanol–water partition coefficient (Wildman–Crippen LogP) is 5.49. The molecule has 16 heavy (non-hydrogen) atoms. The minimum absolute atomic E-state index is 0.224. The third kappa shape index (κ3) is 13.3. The van der Waals surface area contributed by atoms with Crippen LogP contribution >= 0.6 is 0 Å². The molecule has 0 heterocycles. The molecule has 0 bridgehead atoms. The van der Waals surface area contributed by atoms with E-state index in [9.17, 15) is 0 Å². The topological polar surface area (TPSA) is 0 Å². The molecule has 0 amide bonds. The van der Waals surface area contributed by atoms with Crippen LogP contribution in [0.25, 0.3) is 0 Å². The van der Waals surface area contributed by atoms with Crippen LogP contribution in [-0.2, 0) is 0 Å². The Morgan fingerprint density at radius 2 is 1.62 bits per heavy atom. The first-order chi connectivity index (χ1) is 8.72. The normalized spacial score (nSPS) is 13.4. The Morgan fingerprint density at radius 1 is 0.938 bits per heavy atom. The van der Waals surface area contributed by atoms with Crippen LogP contribution in [0.2, 0.25) is 0 Å². The second-order valence-corrected chi connectivity index (χ2v) is 4.22. The maximum absolute atomic E-state index is 7.75. The fraction of sp³-hybridized carbons (Fsp3) is 0.750. The van der Waals surface area contributed by atoms with Gasteiger partial charge in [0, 0.05) is 6.42 Å². The smallest absolute Gasteiger partial charge is 0.0717 e. The van der Waals surface area contributed by atoms with Gasteiger partial charge in [-0.3, -0.25) is 0 Å².